The van der Waals surface area contributed by atoms with Crippen LogP contribution in [0.2, 0.25) is 5.02 Å². The summed E-state index contributed by atoms with van der Waals surface area (Å²) in [5.74, 6) is 0.961. The summed E-state index contributed by atoms with van der Waals surface area (Å²) in [5.41, 5.74) is 4.95. The number of rotatable bonds is 6. The minimum Gasteiger partial charge on any atom is -0.493 e. The van der Waals surface area contributed by atoms with Gasteiger partial charge in [-0.1, -0.05) is 23.7 Å². The summed E-state index contributed by atoms with van der Waals surface area (Å²) >= 11 is 6.20. The molecule has 5 rings (SSSR count). The molecule has 0 aliphatic carbocycles. The molecule has 0 saturated heterocycles. The van der Waals surface area contributed by atoms with E-state index in [-0.39, 0.29) is 12.4 Å². The van der Waals surface area contributed by atoms with Crippen LogP contribution < -0.4 is 4.74 Å². The molecule has 0 spiro atoms. The van der Waals surface area contributed by atoms with Crippen LogP contribution in [-0.2, 0) is 0 Å². The van der Waals surface area contributed by atoms with Gasteiger partial charge in [0.15, 0.2) is 0 Å². The molecule has 2 aromatic carbocycles. The van der Waals surface area contributed by atoms with E-state index >= 15 is 0 Å². The molecule has 3 heterocycles. The Morgan fingerprint density at radius 3 is 2.80 bits per heavy atom. The number of hydrogen-bond acceptors (Lipinski definition) is 2. The van der Waals surface area contributed by atoms with E-state index < -0.39 is 0 Å². The lowest BCUT2D eigenvalue weighted by Crippen LogP contribution is -2.30. The van der Waals surface area contributed by atoms with Gasteiger partial charge in [0.1, 0.15) is 5.75 Å². The zero-order valence-electron chi connectivity index (χ0n) is 16.7. The standard InChI is InChI=1S/C24H24ClN3O.ClH/c25-18-5-6-23-20(15-18)21(16-27-23)17-8-12-28(13-9-17)11-2-14-29-24-4-1-3-22-19(24)7-10-26-22;/h1,3-8,10,15-16,26-27H,2,9,11-14H2;1H. The summed E-state index contributed by atoms with van der Waals surface area (Å²) < 4.78 is 6.03. The van der Waals surface area contributed by atoms with Crippen molar-refractivity contribution >= 4 is 51.4 Å². The zero-order chi connectivity index (χ0) is 19.6. The van der Waals surface area contributed by atoms with Crippen molar-refractivity contribution in [3.8, 4) is 5.75 Å². The van der Waals surface area contributed by atoms with Crippen LogP contribution in [0.1, 0.15) is 18.4 Å². The third-order valence-corrected chi connectivity index (χ3v) is 5.95. The van der Waals surface area contributed by atoms with Crippen LogP contribution in [-0.4, -0.2) is 41.1 Å². The molecule has 0 bridgehead atoms. The molecular weight excluding hydrogens is 417 g/mol. The van der Waals surface area contributed by atoms with E-state index in [2.05, 4.69) is 45.3 Å². The molecule has 0 atom stereocenters. The van der Waals surface area contributed by atoms with Gasteiger partial charge >= 0.3 is 0 Å². The second-order valence-electron chi connectivity index (χ2n) is 7.57. The summed E-state index contributed by atoms with van der Waals surface area (Å²) in [5, 5.41) is 3.15. The normalized spacial score (nSPS) is 14.6. The van der Waals surface area contributed by atoms with Gasteiger partial charge in [0.2, 0.25) is 0 Å². The number of fused-ring (bicyclic) bond motifs is 2. The number of aromatic amines is 2. The topological polar surface area (TPSA) is 44.0 Å². The first kappa shape index (κ1) is 20.9. The molecule has 0 fully saturated rings. The number of H-pyrrole nitrogens is 2. The van der Waals surface area contributed by atoms with Crippen molar-refractivity contribution in [2.75, 3.05) is 26.2 Å². The van der Waals surface area contributed by atoms with Gasteiger partial charge < -0.3 is 14.7 Å². The summed E-state index contributed by atoms with van der Waals surface area (Å²) in [4.78, 5) is 9.08. The van der Waals surface area contributed by atoms with Gasteiger partial charge in [-0.15, -0.1) is 12.4 Å². The minimum absolute atomic E-state index is 0. The fourth-order valence-corrected chi connectivity index (χ4v) is 4.34. The van der Waals surface area contributed by atoms with Crippen LogP contribution in [0.15, 0.2) is 60.9 Å². The van der Waals surface area contributed by atoms with Crippen molar-refractivity contribution in [1.82, 2.24) is 14.9 Å². The van der Waals surface area contributed by atoms with Crippen molar-refractivity contribution in [2.45, 2.75) is 12.8 Å². The molecule has 30 heavy (non-hydrogen) atoms. The number of benzene rings is 2. The number of hydrogen-bond donors (Lipinski definition) is 2. The van der Waals surface area contributed by atoms with E-state index in [1.54, 1.807) is 0 Å². The first-order chi connectivity index (χ1) is 14.3. The highest BCUT2D eigenvalue weighted by Crippen LogP contribution is 2.31. The second kappa shape index (κ2) is 9.17. The summed E-state index contributed by atoms with van der Waals surface area (Å²) in [7, 11) is 0. The summed E-state index contributed by atoms with van der Waals surface area (Å²) in [6.07, 6.45) is 8.50. The molecule has 0 saturated carbocycles. The SMILES string of the molecule is Cl.Clc1ccc2[nH]cc(C3=CCN(CCCOc4cccc5[nH]ccc45)CC3)c2c1. The summed E-state index contributed by atoms with van der Waals surface area (Å²) in [6.45, 7) is 3.84. The van der Waals surface area contributed by atoms with Gasteiger partial charge in [-0.25, -0.2) is 0 Å². The van der Waals surface area contributed by atoms with Crippen molar-refractivity contribution in [3.63, 3.8) is 0 Å². The quantitative estimate of drug-likeness (QED) is 0.345. The van der Waals surface area contributed by atoms with E-state index in [0.717, 1.165) is 66.3 Å². The number of aromatic nitrogens is 2. The molecule has 0 unspecified atom stereocenters. The predicted molar refractivity (Wildman–Crippen MR) is 128 cm³/mol. The first-order valence-corrected chi connectivity index (χ1v) is 10.5. The van der Waals surface area contributed by atoms with E-state index in [0.29, 0.717) is 0 Å². The minimum atomic E-state index is 0. The molecule has 2 aromatic heterocycles. The Morgan fingerprint density at radius 2 is 1.93 bits per heavy atom. The molecule has 0 radical (unpaired) electrons. The fourth-order valence-electron chi connectivity index (χ4n) is 4.17. The third-order valence-electron chi connectivity index (χ3n) is 5.71. The van der Waals surface area contributed by atoms with E-state index in [1.807, 2.05) is 30.5 Å². The molecule has 1 aliphatic heterocycles. The van der Waals surface area contributed by atoms with Crippen molar-refractivity contribution in [1.29, 1.82) is 0 Å². The van der Waals surface area contributed by atoms with Crippen LogP contribution in [0, 0.1) is 0 Å². The highest BCUT2D eigenvalue weighted by Gasteiger charge is 2.15. The maximum Gasteiger partial charge on any atom is 0.128 e. The Balaban J connectivity index is 0.00000218. The molecule has 156 valence electrons. The van der Waals surface area contributed by atoms with Gasteiger partial charge in [-0.3, -0.25) is 4.90 Å². The molecule has 2 N–H and O–H groups in total. The van der Waals surface area contributed by atoms with E-state index in [1.165, 1.54) is 16.5 Å². The Hall–Kier alpha value is -2.40. The van der Waals surface area contributed by atoms with Gasteiger partial charge in [-0.2, -0.15) is 0 Å². The van der Waals surface area contributed by atoms with Crippen LogP contribution in [0.5, 0.6) is 5.75 Å². The lowest BCUT2D eigenvalue weighted by Gasteiger charge is -2.26. The van der Waals surface area contributed by atoms with Gasteiger partial charge in [0, 0.05) is 64.4 Å². The van der Waals surface area contributed by atoms with Crippen molar-refractivity contribution in [2.24, 2.45) is 0 Å². The maximum absolute atomic E-state index is 6.20. The number of ether oxygens (including phenoxy) is 1. The smallest absolute Gasteiger partial charge is 0.128 e. The van der Waals surface area contributed by atoms with Gasteiger partial charge in [0.05, 0.1) is 6.61 Å². The van der Waals surface area contributed by atoms with Crippen LogP contribution in [0.4, 0.5) is 0 Å². The highest BCUT2D eigenvalue weighted by molar-refractivity contribution is 6.31. The van der Waals surface area contributed by atoms with Crippen molar-refractivity contribution < 1.29 is 4.74 Å². The summed E-state index contributed by atoms with van der Waals surface area (Å²) in [6, 6.07) is 14.2. The van der Waals surface area contributed by atoms with Crippen LogP contribution in [0.25, 0.3) is 27.4 Å². The monoisotopic (exact) mass is 441 g/mol. The maximum atomic E-state index is 6.20. The molecular formula is C24H25Cl2N3O. The third kappa shape index (κ3) is 4.22. The lowest BCUT2D eigenvalue weighted by atomic mass is 9.99. The molecule has 6 heteroatoms. The molecule has 4 aromatic rings. The highest BCUT2D eigenvalue weighted by atomic mass is 35.5. The Labute approximate surface area is 187 Å². The molecule has 1 aliphatic rings. The average molecular weight is 442 g/mol. The largest absolute Gasteiger partial charge is 0.493 e. The second-order valence-corrected chi connectivity index (χ2v) is 8.01. The Bertz CT molecular complexity index is 1180. The van der Waals surface area contributed by atoms with Crippen molar-refractivity contribution in [3.05, 3.63) is 71.5 Å². The lowest BCUT2D eigenvalue weighted by molar-refractivity contribution is 0.250. The van der Waals surface area contributed by atoms with Crippen LogP contribution >= 0.6 is 24.0 Å². The number of nitrogens with zero attached hydrogens (tertiary/aromatic N) is 1. The zero-order valence-corrected chi connectivity index (χ0v) is 18.2. The van der Waals surface area contributed by atoms with Gasteiger partial charge in [-0.05, 0) is 54.8 Å². The predicted octanol–water partition coefficient (Wildman–Crippen LogP) is 6.28. The van der Waals surface area contributed by atoms with E-state index in [4.69, 9.17) is 16.3 Å². The number of nitrogens with one attached hydrogen (secondary N) is 2. The Kier molecular flexibility index (Phi) is 6.38. The fraction of sp³-hybridized carbons (Fsp3) is 0.250. The Morgan fingerprint density at radius 1 is 1.03 bits per heavy atom. The van der Waals surface area contributed by atoms with E-state index in [9.17, 15) is 0 Å². The van der Waals surface area contributed by atoms with Crippen LogP contribution in [0.3, 0.4) is 0 Å². The molecule has 4 nitrogen and oxygen atoms in total. The first-order valence-electron chi connectivity index (χ1n) is 10.2. The van der Waals surface area contributed by atoms with Gasteiger partial charge in [0.25, 0.3) is 0 Å². The molecule has 0 amide bonds. The average Bonchev–Trinajstić information content (AvgIpc) is 3.39. The number of halogens is 2.